The van der Waals surface area contributed by atoms with E-state index in [0.717, 1.165) is 22.0 Å². The molecule has 1 N–H and O–H groups in total. The van der Waals surface area contributed by atoms with Gasteiger partial charge in [0, 0.05) is 16.6 Å². The minimum Gasteiger partial charge on any atom is -0.324 e. The Hall–Kier alpha value is -3.03. The molecule has 0 fully saturated rings. The molecule has 3 heterocycles. The molecule has 3 aromatic heterocycles. The number of thiazole rings is 1. The van der Waals surface area contributed by atoms with Crippen molar-refractivity contribution < 1.29 is 4.79 Å². The van der Waals surface area contributed by atoms with Crippen LogP contribution in [0.2, 0.25) is 5.02 Å². The van der Waals surface area contributed by atoms with E-state index in [-0.39, 0.29) is 12.3 Å². The molecule has 0 spiro atoms. The number of benzene rings is 1. The predicted molar refractivity (Wildman–Crippen MR) is 116 cm³/mol. The van der Waals surface area contributed by atoms with Crippen LogP contribution in [0.1, 0.15) is 17.1 Å². The minimum absolute atomic E-state index is 0.151. The summed E-state index contributed by atoms with van der Waals surface area (Å²) >= 11 is 7.69. The SMILES string of the molecule is Cc1cc(C)n(-c2ccc(NC(=O)Cc3csc(-c4ccccc4Cl)n3)cn2)n1. The number of anilines is 1. The van der Waals surface area contributed by atoms with Gasteiger partial charge in [-0.25, -0.2) is 14.6 Å². The lowest BCUT2D eigenvalue weighted by Gasteiger charge is -2.06. The normalized spacial score (nSPS) is 10.9. The van der Waals surface area contributed by atoms with Crippen LogP contribution >= 0.6 is 22.9 Å². The molecule has 0 aliphatic carbocycles. The van der Waals surface area contributed by atoms with Gasteiger partial charge in [-0.1, -0.05) is 29.8 Å². The van der Waals surface area contributed by atoms with Crippen molar-refractivity contribution in [3.63, 3.8) is 0 Å². The van der Waals surface area contributed by atoms with Crippen LogP contribution in [0.5, 0.6) is 0 Å². The van der Waals surface area contributed by atoms with Crippen molar-refractivity contribution >= 4 is 34.5 Å². The van der Waals surface area contributed by atoms with Gasteiger partial charge in [-0.05, 0) is 38.1 Å². The summed E-state index contributed by atoms with van der Waals surface area (Å²) in [5, 5.41) is 10.6. The van der Waals surface area contributed by atoms with Crippen LogP contribution in [0.25, 0.3) is 16.4 Å². The van der Waals surface area contributed by atoms with Gasteiger partial charge in [0.05, 0.1) is 34.7 Å². The number of halogens is 1. The van der Waals surface area contributed by atoms with Gasteiger partial charge in [-0.2, -0.15) is 5.10 Å². The molecule has 146 valence electrons. The van der Waals surface area contributed by atoms with Crippen molar-refractivity contribution in [2.24, 2.45) is 0 Å². The van der Waals surface area contributed by atoms with Crippen LogP contribution in [-0.4, -0.2) is 25.7 Å². The Bertz CT molecular complexity index is 1170. The average Bonchev–Trinajstić information content (AvgIpc) is 3.28. The molecule has 8 heteroatoms. The summed E-state index contributed by atoms with van der Waals surface area (Å²) in [5.41, 5.74) is 4.14. The Labute approximate surface area is 177 Å². The Kier molecular flexibility index (Phi) is 5.42. The van der Waals surface area contributed by atoms with E-state index in [9.17, 15) is 4.79 Å². The Morgan fingerprint density at radius 3 is 2.72 bits per heavy atom. The Balaban J connectivity index is 1.41. The maximum atomic E-state index is 12.4. The van der Waals surface area contributed by atoms with Crippen molar-refractivity contribution in [3.05, 3.63) is 76.1 Å². The maximum absolute atomic E-state index is 12.4. The summed E-state index contributed by atoms with van der Waals surface area (Å²) in [7, 11) is 0. The molecule has 6 nitrogen and oxygen atoms in total. The molecule has 4 rings (SSSR count). The molecular formula is C21H18ClN5OS. The standard InChI is InChI=1S/C21H18ClN5OS/c1-13-9-14(2)27(26-13)19-8-7-15(11-23-19)24-20(28)10-16-12-29-21(25-16)17-5-3-4-6-18(17)22/h3-9,11-12H,10H2,1-2H3,(H,24,28). The number of nitrogens with one attached hydrogen (secondary N) is 1. The zero-order chi connectivity index (χ0) is 20.4. The van der Waals surface area contributed by atoms with Crippen molar-refractivity contribution in [1.29, 1.82) is 0 Å². The van der Waals surface area contributed by atoms with Crippen LogP contribution in [0.4, 0.5) is 5.69 Å². The summed E-state index contributed by atoms with van der Waals surface area (Å²) in [6.45, 7) is 3.91. The van der Waals surface area contributed by atoms with E-state index in [2.05, 4.69) is 20.4 Å². The van der Waals surface area contributed by atoms with E-state index in [1.54, 1.807) is 10.9 Å². The van der Waals surface area contributed by atoms with Crippen molar-refractivity contribution in [1.82, 2.24) is 19.7 Å². The third-order valence-electron chi connectivity index (χ3n) is 4.26. The van der Waals surface area contributed by atoms with E-state index in [4.69, 9.17) is 11.6 Å². The number of carbonyl (C=O) groups excluding carboxylic acids is 1. The molecule has 29 heavy (non-hydrogen) atoms. The topological polar surface area (TPSA) is 72.7 Å². The monoisotopic (exact) mass is 423 g/mol. The van der Waals surface area contributed by atoms with Crippen LogP contribution in [0, 0.1) is 13.8 Å². The van der Waals surface area contributed by atoms with Gasteiger partial charge in [-0.3, -0.25) is 4.79 Å². The number of amides is 1. The third-order valence-corrected chi connectivity index (χ3v) is 5.51. The van der Waals surface area contributed by atoms with E-state index in [1.165, 1.54) is 11.3 Å². The van der Waals surface area contributed by atoms with Gasteiger partial charge in [0.25, 0.3) is 0 Å². The molecule has 1 amide bonds. The quantitative estimate of drug-likeness (QED) is 0.498. The minimum atomic E-state index is -0.151. The second-order valence-electron chi connectivity index (χ2n) is 6.59. The first-order valence-electron chi connectivity index (χ1n) is 8.98. The number of hydrogen-bond donors (Lipinski definition) is 1. The second kappa shape index (κ2) is 8.14. The van der Waals surface area contributed by atoms with Gasteiger partial charge in [0.15, 0.2) is 5.82 Å². The van der Waals surface area contributed by atoms with Crippen LogP contribution in [0.15, 0.2) is 54.0 Å². The molecule has 0 radical (unpaired) electrons. The molecule has 0 saturated heterocycles. The van der Waals surface area contributed by atoms with Gasteiger partial charge in [0.2, 0.25) is 5.91 Å². The van der Waals surface area contributed by atoms with E-state index >= 15 is 0 Å². The zero-order valence-corrected chi connectivity index (χ0v) is 17.5. The van der Waals surface area contributed by atoms with Gasteiger partial charge in [0.1, 0.15) is 5.01 Å². The Morgan fingerprint density at radius 2 is 2.03 bits per heavy atom. The largest absolute Gasteiger partial charge is 0.324 e. The molecular weight excluding hydrogens is 406 g/mol. The van der Waals surface area contributed by atoms with Crippen LogP contribution in [0.3, 0.4) is 0 Å². The molecule has 0 aliphatic heterocycles. The highest BCUT2D eigenvalue weighted by Gasteiger charge is 2.12. The van der Waals surface area contributed by atoms with Crippen molar-refractivity contribution in [2.45, 2.75) is 20.3 Å². The zero-order valence-electron chi connectivity index (χ0n) is 15.9. The number of aromatic nitrogens is 4. The average molecular weight is 424 g/mol. The number of rotatable bonds is 5. The summed E-state index contributed by atoms with van der Waals surface area (Å²) in [6.07, 6.45) is 1.81. The lowest BCUT2D eigenvalue weighted by atomic mass is 10.2. The second-order valence-corrected chi connectivity index (χ2v) is 7.86. The molecule has 1 aromatic carbocycles. The van der Waals surface area contributed by atoms with Crippen molar-refractivity contribution in [3.8, 4) is 16.4 Å². The molecule has 0 bridgehead atoms. The van der Waals surface area contributed by atoms with Gasteiger partial charge < -0.3 is 5.32 Å². The Morgan fingerprint density at radius 1 is 1.21 bits per heavy atom. The molecule has 0 aliphatic rings. The fourth-order valence-corrected chi connectivity index (χ4v) is 4.10. The predicted octanol–water partition coefficient (Wildman–Crippen LogP) is 4.84. The summed E-state index contributed by atoms with van der Waals surface area (Å²) in [4.78, 5) is 21.3. The number of hydrogen-bond acceptors (Lipinski definition) is 5. The highest BCUT2D eigenvalue weighted by molar-refractivity contribution is 7.13. The molecule has 0 unspecified atom stereocenters. The highest BCUT2D eigenvalue weighted by atomic mass is 35.5. The van der Waals surface area contributed by atoms with Crippen molar-refractivity contribution in [2.75, 3.05) is 5.32 Å². The number of carbonyl (C=O) groups is 1. The van der Waals surface area contributed by atoms with E-state index < -0.39 is 0 Å². The van der Waals surface area contributed by atoms with Crippen LogP contribution < -0.4 is 5.32 Å². The molecule has 4 aromatic rings. The molecule has 0 atom stereocenters. The maximum Gasteiger partial charge on any atom is 0.230 e. The number of aryl methyl sites for hydroxylation is 2. The van der Waals surface area contributed by atoms with E-state index in [1.807, 2.05) is 61.7 Å². The third kappa shape index (κ3) is 4.36. The fraction of sp³-hybridized carbons (Fsp3) is 0.143. The fourth-order valence-electron chi connectivity index (χ4n) is 2.96. The number of nitrogens with zero attached hydrogens (tertiary/aromatic N) is 4. The van der Waals surface area contributed by atoms with Crippen LogP contribution in [-0.2, 0) is 11.2 Å². The smallest absolute Gasteiger partial charge is 0.230 e. The first-order chi connectivity index (χ1) is 14.0. The summed E-state index contributed by atoms with van der Waals surface area (Å²) in [6, 6.07) is 13.2. The first kappa shape index (κ1) is 19.3. The molecule has 0 saturated carbocycles. The lowest BCUT2D eigenvalue weighted by Crippen LogP contribution is -2.15. The lowest BCUT2D eigenvalue weighted by molar-refractivity contribution is -0.115. The van der Waals surface area contributed by atoms with E-state index in [0.29, 0.717) is 22.2 Å². The summed E-state index contributed by atoms with van der Waals surface area (Å²) in [5.74, 6) is 0.555. The van der Waals surface area contributed by atoms with Gasteiger partial charge >= 0.3 is 0 Å². The first-order valence-corrected chi connectivity index (χ1v) is 10.2. The highest BCUT2D eigenvalue weighted by Crippen LogP contribution is 2.30. The summed E-state index contributed by atoms with van der Waals surface area (Å²) < 4.78 is 1.77. The van der Waals surface area contributed by atoms with Gasteiger partial charge in [-0.15, -0.1) is 11.3 Å². The number of pyridine rings is 1.